The van der Waals surface area contributed by atoms with Crippen molar-refractivity contribution in [2.24, 2.45) is 0 Å². The molecule has 2 aromatic heterocycles. The first-order chi connectivity index (χ1) is 18.7. The number of tetrazole rings is 1. The third-order valence-corrected chi connectivity index (χ3v) is 6.08. The lowest BCUT2D eigenvalue weighted by Gasteiger charge is -2.15. The van der Waals surface area contributed by atoms with Gasteiger partial charge < -0.3 is 20.1 Å². The molecule has 0 aliphatic rings. The Hall–Kier alpha value is -4.49. The number of aryl methyl sites for hydroxylation is 1. The van der Waals surface area contributed by atoms with E-state index in [2.05, 4.69) is 40.9 Å². The van der Waals surface area contributed by atoms with E-state index in [1.54, 1.807) is 42.5 Å². The van der Waals surface area contributed by atoms with Crippen molar-refractivity contribution in [3.05, 3.63) is 70.4 Å². The zero-order valence-electron chi connectivity index (χ0n) is 20.4. The normalized spacial score (nSPS) is 11.6. The summed E-state index contributed by atoms with van der Waals surface area (Å²) < 4.78 is 6.03. The highest BCUT2D eigenvalue weighted by molar-refractivity contribution is 6.32. The Morgan fingerprint density at radius 2 is 1.92 bits per heavy atom. The largest absolute Gasteiger partial charge is 0.481 e. The number of halogens is 2. The first-order valence-corrected chi connectivity index (χ1v) is 12.2. The van der Waals surface area contributed by atoms with Gasteiger partial charge in [0.2, 0.25) is 5.91 Å². The maximum atomic E-state index is 12.9. The highest BCUT2D eigenvalue weighted by Gasteiger charge is 2.24. The molecule has 4 rings (SSSR count). The van der Waals surface area contributed by atoms with E-state index in [1.807, 2.05) is 0 Å². The molecular formula is C24H22Cl2N8O5. The van der Waals surface area contributed by atoms with Crippen LogP contribution in [-0.2, 0) is 20.7 Å². The summed E-state index contributed by atoms with van der Waals surface area (Å²) in [4.78, 5) is 43.1. The number of ether oxygens (including phenoxy) is 1. The smallest absolute Gasteiger partial charge is 0.411 e. The average molecular weight is 573 g/mol. The first-order valence-electron chi connectivity index (χ1n) is 11.5. The number of benzene rings is 2. The van der Waals surface area contributed by atoms with Gasteiger partial charge in [-0.15, -0.1) is 5.10 Å². The summed E-state index contributed by atoms with van der Waals surface area (Å²) in [6.07, 6.45) is 0.706. The second-order valence-corrected chi connectivity index (χ2v) is 9.04. The van der Waals surface area contributed by atoms with Gasteiger partial charge in [0.15, 0.2) is 0 Å². The monoisotopic (exact) mass is 572 g/mol. The maximum absolute atomic E-state index is 12.9. The molecule has 0 aliphatic heterocycles. The number of carboxylic acids is 1. The van der Waals surface area contributed by atoms with E-state index in [0.29, 0.717) is 27.7 Å². The van der Waals surface area contributed by atoms with Gasteiger partial charge >= 0.3 is 12.1 Å². The lowest BCUT2D eigenvalue weighted by molar-refractivity contribution is -0.137. The van der Waals surface area contributed by atoms with Crippen LogP contribution in [0.1, 0.15) is 30.3 Å². The maximum Gasteiger partial charge on any atom is 0.411 e. The van der Waals surface area contributed by atoms with Gasteiger partial charge in [-0.05, 0) is 52.7 Å². The topological polar surface area (TPSA) is 177 Å². The lowest BCUT2D eigenvalue weighted by atomic mass is 10.1. The summed E-state index contributed by atoms with van der Waals surface area (Å²) in [5.74, 6) is -1.36. The van der Waals surface area contributed by atoms with E-state index in [9.17, 15) is 19.5 Å². The number of carbonyl (C=O) groups is 3. The summed E-state index contributed by atoms with van der Waals surface area (Å²) in [6, 6.07) is 10.8. The van der Waals surface area contributed by atoms with Crippen LogP contribution >= 0.6 is 23.2 Å². The number of hydrogen-bond donors (Lipinski definition) is 4. The fraction of sp³-hybridized carbons (Fsp3) is 0.208. The molecule has 4 aromatic rings. The molecule has 0 saturated heterocycles. The third-order valence-electron chi connectivity index (χ3n) is 5.57. The molecule has 2 amide bonds. The number of nitrogens with zero attached hydrogens (tertiary/aromatic N) is 5. The summed E-state index contributed by atoms with van der Waals surface area (Å²) in [5, 5.41) is 26.5. The number of rotatable bonds is 10. The van der Waals surface area contributed by atoms with Crippen molar-refractivity contribution in [1.29, 1.82) is 0 Å². The molecular weight excluding hydrogens is 551 g/mol. The van der Waals surface area contributed by atoms with Crippen molar-refractivity contribution in [1.82, 2.24) is 35.5 Å². The number of aliphatic carboxylic acids is 1. The molecule has 4 N–H and O–H groups in total. The fourth-order valence-corrected chi connectivity index (χ4v) is 4.20. The van der Waals surface area contributed by atoms with Gasteiger partial charge in [0, 0.05) is 22.7 Å². The number of hydrogen-bond acceptors (Lipinski definition) is 8. The van der Waals surface area contributed by atoms with Crippen LogP contribution in [0.2, 0.25) is 10.2 Å². The minimum Gasteiger partial charge on any atom is -0.481 e. The standard InChI is InChI=1S/C24H22Cl2N8O5/c1-39-24(38)28-16-6-2-13(3-7-16)21-22(26)31-23(30-21)17(11-20(36)37)29-19(35)9-4-14-10-15(25)5-8-18(14)34-12-27-32-33-34/h2-3,5-8,10,12,17H,4,9,11H2,1H3,(H,28,38)(H,29,35)(H,30,31)(H,36,37)/t17-/m0/s1. The van der Waals surface area contributed by atoms with E-state index in [0.717, 1.165) is 5.56 Å². The molecule has 0 fully saturated rings. The molecule has 0 saturated carbocycles. The van der Waals surface area contributed by atoms with Crippen molar-refractivity contribution in [2.45, 2.75) is 25.3 Å². The van der Waals surface area contributed by atoms with Crippen LogP contribution in [0.4, 0.5) is 10.5 Å². The van der Waals surface area contributed by atoms with Crippen LogP contribution in [0.15, 0.2) is 48.8 Å². The molecule has 2 heterocycles. The number of nitrogens with one attached hydrogen (secondary N) is 3. The van der Waals surface area contributed by atoms with Crippen LogP contribution < -0.4 is 10.6 Å². The molecule has 13 nitrogen and oxygen atoms in total. The quantitative estimate of drug-likeness (QED) is 0.220. The van der Waals surface area contributed by atoms with Crippen LogP contribution in [0.5, 0.6) is 0 Å². The molecule has 0 spiro atoms. The van der Waals surface area contributed by atoms with Crippen molar-refractivity contribution < 1.29 is 24.2 Å². The Bertz CT molecular complexity index is 1470. The average Bonchev–Trinajstić information content (AvgIpc) is 3.57. The number of H-pyrrole nitrogens is 1. The first kappa shape index (κ1) is 27.5. The number of anilines is 1. The molecule has 1 atom stereocenters. The predicted molar refractivity (Wildman–Crippen MR) is 141 cm³/mol. The molecule has 0 aliphatic carbocycles. The Labute approximate surface area is 231 Å². The van der Waals surface area contributed by atoms with E-state index in [4.69, 9.17) is 23.2 Å². The second-order valence-electron chi connectivity index (χ2n) is 8.22. The van der Waals surface area contributed by atoms with Crippen molar-refractivity contribution in [2.75, 3.05) is 12.4 Å². The van der Waals surface area contributed by atoms with Gasteiger partial charge in [0.25, 0.3) is 0 Å². The zero-order valence-corrected chi connectivity index (χ0v) is 21.9. The van der Waals surface area contributed by atoms with E-state index < -0.39 is 30.4 Å². The zero-order chi connectivity index (χ0) is 27.9. The summed E-state index contributed by atoms with van der Waals surface area (Å²) in [7, 11) is 1.26. The Balaban J connectivity index is 1.48. The third kappa shape index (κ3) is 7.09. The molecule has 202 valence electrons. The Morgan fingerprint density at radius 3 is 2.59 bits per heavy atom. The Morgan fingerprint density at radius 1 is 1.15 bits per heavy atom. The predicted octanol–water partition coefficient (Wildman–Crippen LogP) is 3.80. The fourth-order valence-electron chi connectivity index (χ4n) is 3.76. The number of amides is 2. The Kier molecular flexibility index (Phi) is 8.74. The van der Waals surface area contributed by atoms with Gasteiger partial charge in [-0.2, -0.15) is 0 Å². The highest BCUT2D eigenvalue weighted by atomic mass is 35.5. The van der Waals surface area contributed by atoms with Gasteiger partial charge in [-0.25, -0.2) is 14.5 Å². The number of methoxy groups -OCH3 is 1. The number of imidazole rings is 1. The second kappa shape index (κ2) is 12.4. The van der Waals surface area contributed by atoms with Crippen LogP contribution in [0.3, 0.4) is 0 Å². The van der Waals surface area contributed by atoms with Crippen LogP contribution in [-0.4, -0.2) is 60.4 Å². The van der Waals surface area contributed by atoms with Crippen LogP contribution in [0, 0.1) is 0 Å². The molecule has 2 aromatic carbocycles. The molecule has 0 radical (unpaired) electrons. The van der Waals surface area contributed by atoms with Crippen molar-refractivity contribution in [3.63, 3.8) is 0 Å². The minimum atomic E-state index is -1.14. The SMILES string of the molecule is COC(=O)Nc1ccc(-c2nc([C@H](CC(=O)O)NC(=O)CCc3cc(Cl)ccc3-n3cnnn3)[nH]c2Cl)cc1. The molecule has 0 bridgehead atoms. The number of carbonyl (C=O) groups excluding carboxylic acids is 2. The molecule has 0 unspecified atom stereocenters. The van der Waals surface area contributed by atoms with Gasteiger partial charge in [-0.3, -0.25) is 14.9 Å². The van der Waals surface area contributed by atoms with E-state index in [1.165, 1.54) is 18.1 Å². The van der Waals surface area contributed by atoms with Gasteiger partial charge in [-0.1, -0.05) is 35.3 Å². The van der Waals surface area contributed by atoms with Crippen molar-refractivity contribution >= 4 is 46.9 Å². The van der Waals surface area contributed by atoms with Gasteiger partial charge in [0.05, 0.1) is 25.3 Å². The summed E-state index contributed by atoms with van der Waals surface area (Å²) in [5.41, 5.74) is 2.85. The summed E-state index contributed by atoms with van der Waals surface area (Å²) in [6.45, 7) is 0. The van der Waals surface area contributed by atoms with E-state index in [-0.39, 0.29) is 23.8 Å². The molecule has 15 heteroatoms. The number of carboxylic acid groups (broad SMARTS) is 1. The van der Waals surface area contributed by atoms with E-state index >= 15 is 0 Å². The highest BCUT2D eigenvalue weighted by Crippen LogP contribution is 2.29. The number of aromatic nitrogens is 6. The van der Waals surface area contributed by atoms with Crippen LogP contribution in [0.25, 0.3) is 16.9 Å². The van der Waals surface area contributed by atoms with Gasteiger partial charge in [0.1, 0.15) is 23.0 Å². The lowest BCUT2D eigenvalue weighted by Crippen LogP contribution is -2.31. The van der Waals surface area contributed by atoms with Crippen molar-refractivity contribution in [3.8, 4) is 16.9 Å². The molecule has 39 heavy (non-hydrogen) atoms. The number of aromatic amines is 1. The minimum absolute atomic E-state index is 0.0293. The summed E-state index contributed by atoms with van der Waals surface area (Å²) >= 11 is 12.5.